The summed E-state index contributed by atoms with van der Waals surface area (Å²) in [5.74, 6) is -0.933. The van der Waals surface area contributed by atoms with Crippen LogP contribution in [0.25, 0.3) is 0 Å². The first kappa shape index (κ1) is 22.1. The fraction of sp³-hybridized carbons (Fsp3) is 0.348. The Bertz CT molecular complexity index is 1040. The molecule has 2 aliphatic heterocycles. The van der Waals surface area contributed by atoms with E-state index in [2.05, 4.69) is 27.5 Å². The lowest BCUT2D eigenvalue weighted by atomic mass is 9.92. The topological polar surface area (TPSA) is 85.0 Å². The SMILES string of the molecule is CN1CCN(c2ccc(Cl)cc2NC(=O)CN2C(=O)N[C@@](C)(c3ccccc3)C2=O)CC1. The van der Waals surface area contributed by atoms with Gasteiger partial charge in [-0.15, -0.1) is 0 Å². The molecule has 2 saturated heterocycles. The number of nitrogens with one attached hydrogen (secondary N) is 2. The molecule has 4 rings (SSSR count). The number of halogens is 1. The summed E-state index contributed by atoms with van der Waals surface area (Å²) >= 11 is 6.18. The van der Waals surface area contributed by atoms with Crippen molar-refractivity contribution in [3.8, 4) is 0 Å². The van der Waals surface area contributed by atoms with Crippen molar-refractivity contribution >= 4 is 40.8 Å². The van der Waals surface area contributed by atoms with Crippen LogP contribution in [0.1, 0.15) is 12.5 Å². The van der Waals surface area contributed by atoms with E-state index in [9.17, 15) is 14.4 Å². The van der Waals surface area contributed by atoms with Gasteiger partial charge in [0.25, 0.3) is 5.91 Å². The predicted molar refractivity (Wildman–Crippen MR) is 124 cm³/mol. The number of imide groups is 1. The Hall–Kier alpha value is -3.10. The maximum Gasteiger partial charge on any atom is 0.325 e. The van der Waals surface area contributed by atoms with Crippen LogP contribution < -0.4 is 15.5 Å². The molecule has 0 spiro atoms. The van der Waals surface area contributed by atoms with Crippen LogP contribution in [0.15, 0.2) is 48.5 Å². The molecule has 0 aliphatic carbocycles. The first-order valence-electron chi connectivity index (χ1n) is 10.5. The summed E-state index contributed by atoms with van der Waals surface area (Å²) in [4.78, 5) is 43.8. The Morgan fingerprint density at radius 2 is 1.78 bits per heavy atom. The molecule has 2 N–H and O–H groups in total. The van der Waals surface area contributed by atoms with Crippen LogP contribution >= 0.6 is 11.6 Å². The van der Waals surface area contributed by atoms with Crippen LogP contribution in [0.4, 0.5) is 16.2 Å². The third kappa shape index (κ3) is 4.28. The zero-order valence-corrected chi connectivity index (χ0v) is 18.9. The summed E-state index contributed by atoms with van der Waals surface area (Å²) in [5.41, 5.74) is 0.875. The van der Waals surface area contributed by atoms with E-state index in [1.807, 2.05) is 12.1 Å². The molecule has 0 saturated carbocycles. The molecule has 0 unspecified atom stereocenters. The Kier molecular flexibility index (Phi) is 6.08. The van der Waals surface area contributed by atoms with Gasteiger partial charge in [0.1, 0.15) is 12.1 Å². The fourth-order valence-electron chi connectivity index (χ4n) is 4.07. The smallest absolute Gasteiger partial charge is 0.325 e. The number of carbonyl (C=O) groups is 3. The van der Waals surface area contributed by atoms with E-state index >= 15 is 0 Å². The van der Waals surface area contributed by atoms with Gasteiger partial charge in [0.2, 0.25) is 5.91 Å². The van der Waals surface area contributed by atoms with Crippen LogP contribution in [0.5, 0.6) is 0 Å². The van der Waals surface area contributed by atoms with E-state index in [1.54, 1.807) is 43.3 Å². The predicted octanol–water partition coefficient (Wildman–Crippen LogP) is 2.50. The summed E-state index contributed by atoms with van der Waals surface area (Å²) in [6.07, 6.45) is 0. The molecule has 2 aromatic carbocycles. The van der Waals surface area contributed by atoms with Crippen molar-refractivity contribution in [3.63, 3.8) is 0 Å². The first-order valence-corrected chi connectivity index (χ1v) is 10.9. The number of urea groups is 1. The van der Waals surface area contributed by atoms with Crippen LogP contribution in [0, 0.1) is 0 Å². The molecule has 2 aliphatic rings. The zero-order chi connectivity index (χ0) is 22.9. The number of rotatable bonds is 5. The second-order valence-electron chi connectivity index (χ2n) is 8.31. The standard InChI is InChI=1S/C23H26ClN5O3/c1-23(16-6-4-3-5-7-16)21(31)29(22(32)26-23)15-20(30)25-18-14-17(24)8-9-19(18)28-12-10-27(2)11-13-28/h3-9,14H,10-13,15H2,1-2H3,(H,25,30)(H,26,32)/t23-/m0/s1. The van der Waals surface area contributed by atoms with Gasteiger partial charge in [0.15, 0.2) is 0 Å². The highest BCUT2D eigenvalue weighted by molar-refractivity contribution is 6.31. The monoisotopic (exact) mass is 455 g/mol. The van der Waals surface area contributed by atoms with Crippen molar-refractivity contribution in [1.82, 2.24) is 15.1 Å². The van der Waals surface area contributed by atoms with E-state index in [0.717, 1.165) is 36.8 Å². The highest BCUT2D eigenvalue weighted by Gasteiger charge is 2.49. The van der Waals surface area contributed by atoms with Gasteiger partial charge in [-0.25, -0.2) is 4.79 Å². The Balaban J connectivity index is 1.49. The average Bonchev–Trinajstić information content (AvgIpc) is 2.99. The fourth-order valence-corrected chi connectivity index (χ4v) is 4.24. The second-order valence-corrected chi connectivity index (χ2v) is 8.75. The maximum atomic E-state index is 13.1. The number of piperazine rings is 1. The van der Waals surface area contributed by atoms with Crippen molar-refractivity contribution in [2.45, 2.75) is 12.5 Å². The first-order chi connectivity index (χ1) is 15.3. The Labute approximate surface area is 192 Å². The molecule has 2 heterocycles. The Morgan fingerprint density at radius 3 is 2.47 bits per heavy atom. The van der Waals surface area contributed by atoms with Gasteiger partial charge in [0.05, 0.1) is 11.4 Å². The number of benzene rings is 2. The van der Waals surface area contributed by atoms with Crippen molar-refractivity contribution in [2.75, 3.05) is 50.0 Å². The zero-order valence-electron chi connectivity index (χ0n) is 18.1. The largest absolute Gasteiger partial charge is 0.367 e. The van der Waals surface area contributed by atoms with Crippen molar-refractivity contribution in [3.05, 3.63) is 59.1 Å². The number of hydrogen-bond donors (Lipinski definition) is 2. The number of carbonyl (C=O) groups excluding carboxylic acids is 3. The van der Waals surface area contributed by atoms with Gasteiger partial charge in [-0.1, -0.05) is 41.9 Å². The summed E-state index contributed by atoms with van der Waals surface area (Å²) in [5, 5.41) is 6.05. The minimum Gasteiger partial charge on any atom is -0.367 e. The van der Waals surface area contributed by atoms with Gasteiger partial charge in [-0.05, 0) is 37.7 Å². The minimum absolute atomic E-state index is 0.387. The van der Waals surface area contributed by atoms with Crippen LogP contribution in [0.3, 0.4) is 0 Å². The van der Waals surface area contributed by atoms with E-state index in [-0.39, 0.29) is 6.54 Å². The number of anilines is 2. The van der Waals surface area contributed by atoms with E-state index in [1.165, 1.54) is 0 Å². The lowest BCUT2D eigenvalue weighted by Gasteiger charge is -2.35. The molecule has 0 aromatic heterocycles. The normalized spacial score (nSPS) is 21.6. The van der Waals surface area contributed by atoms with E-state index in [4.69, 9.17) is 11.6 Å². The average molecular weight is 456 g/mol. The highest BCUT2D eigenvalue weighted by atomic mass is 35.5. The molecular weight excluding hydrogens is 430 g/mol. The molecule has 32 heavy (non-hydrogen) atoms. The summed E-state index contributed by atoms with van der Waals surface area (Å²) in [6.45, 7) is 4.73. The van der Waals surface area contributed by atoms with Crippen LogP contribution in [-0.2, 0) is 15.1 Å². The minimum atomic E-state index is -1.21. The van der Waals surface area contributed by atoms with Gasteiger partial charge in [-0.2, -0.15) is 0 Å². The van der Waals surface area contributed by atoms with E-state index in [0.29, 0.717) is 16.3 Å². The molecular formula is C23H26ClN5O3. The van der Waals surface area contributed by atoms with Crippen molar-refractivity contribution < 1.29 is 14.4 Å². The highest BCUT2D eigenvalue weighted by Crippen LogP contribution is 2.31. The summed E-state index contributed by atoms with van der Waals surface area (Å²) in [7, 11) is 2.07. The number of amides is 4. The molecule has 2 fully saturated rings. The quantitative estimate of drug-likeness (QED) is 0.677. The molecule has 1 atom stereocenters. The van der Waals surface area contributed by atoms with Crippen LogP contribution in [0.2, 0.25) is 5.02 Å². The molecule has 8 nitrogen and oxygen atoms in total. The lowest BCUT2D eigenvalue weighted by molar-refractivity contribution is -0.133. The third-order valence-electron chi connectivity index (χ3n) is 6.00. The molecule has 2 aromatic rings. The molecule has 9 heteroatoms. The molecule has 0 radical (unpaired) electrons. The van der Waals surface area contributed by atoms with Crippen molar-refractivity contribution in [1.29, 1.82) is 0 Å². The van der Waals surface area contributed by atoms with Gasteiger partial charge < -0.3 is 20.4 Å². The maximum absolute atomic E-state index is 13.1. The van der Waals surface area contributed by atoms with E-state index < -0.39 is 23.4 Å². The third-order valence-corrected chi connectivity index (χ3v) is 6.24. The lowest BCUT2D eigenvalue weighted by Crippen LogP contribution is -2.45. The summed E-state index contributed by atoms with van der Waals surface area (Å²) < 4.78 is 0. The molecule has 4 amide bonds. The second kappa shape index (κ2) is 8.80. The van der Waals surface area contributed by atoms with Gasteiger partial charge in [-0.3, -0.25) is 14.5 Å². The Morgan fingerprint density at radius 1 is 1.09 bits per heavy atom. The van der Waals surface area contributed by atoms with Crippen LogP contribution in [-0.4, -0.2) is 67.4 Å². The van der Waals surface area contributed by atoms with Crippen molar-refractivity contribution in [2.24, 2.45) is 0 Å². The number of likely N-dealkylation sites (N-methyl/N-ethyl adjacent to an activating group) is 1. The number of hydrogen-bond acceptors (Lipinski definition) is 5. The number of nitrogens with zero attached hydrogens (tertiary/aromatic N) is 3. The summed E-state index contributed by atoms with van der Waals surface area (Å²) in [6, 6.07) is 13.7. The molecule has 0 bridgehead atoms. The molecule has 168 valence electrons. The van der Waals surface area contributed by atoms with Gasteiger partial charge >= 0.3 is 6.03 Å². The van der Waals surface area contributed by atoms with Gasteiger partial charge in [0, 0.05) is 31.2 Å².